The Labute approximate surface area is 187 Å². The number of rotatable bonds is 7. The number of hydrogen-bond donors (Lipinski definition) is 1. The minimum Gasteiger partial charge on any atom is -0.333 e. The molecule has 0 aromatic heterocycles. The largest absolute Gasteiger partial charge is 0.416 e. The molecule has 2 aromatic carbocycles. The van der Waals surface area contributed by atoms with Gasteiger partial charge in [0.1, 0.15) is 0 Å². The molecule has 0 spiro atoms. The molecule has 0 saturated heterocycles. The van der Waals surface area contributed by atoms with E-state index in [9.17, 15) is 18.0 Å². The van der Waals surface area contributed by atoms with Gasteiger partial charge in [-0.15, -0.1) is 0 Å². The van der Waals surface area contributed by atoms with E-state index >= 15 is 0 Å². The van der Waals surface area contributed by atoms with Gasteiger partial charge < -0.3 is 15.1 Å². The summed E-state index contributed by atoms with van der Waals surface area (Å²) in [6, 6.07) is 11.5. The second kappa shape index (κ2) is 10.3. The summed E-state index contributed by atoms with van der Waals surface area (Å²) in [5.41, 5.74) is 3.35. The smallest absolute Gasteiger partial charge is 0.333 e. The van der Waals surface area contributed by atoms with Crippen molar-refractivity contribution in [3.05, 3.63) is 75.9 Å². The topological polar surface area (TPSA) is 35.6 Å². The molecule has 0 saturated carbocycles. The van der Waals surface area contributed by atoms with Crippen LogP contribution in [0.15, 0.2) is 48.0 Å². The molecule has 0 radical (unpaired) electrons. The van der Waals surface area contributed by atoms with Gasteiger partial charge in [-0.1, -0.05) is 36.4 Å². The van der Waals surface area contributed by atoms with Gasteiger partial charge >= 0.3 is 6.18 Å². The zero-order valence-corrected chi connectivity index (χ0v) is 18.8. The molecule has 7 heteroatoms. The van der Waals surface area contributed by atoms with Gasteiger partial charge in [0.25, 0.3) is 0 Å². The van der Waals surface area contributed by atoms with E-state index < -0.39 is 11.7 Å². The monoisotopic (exact) mass is 445 g/mol. The molecular formula is C25H30F3N3O. The first kappa shape index (κ1) is 24.0. The molecule has 0 bridgehead atoms. The summed E-state index contributed by atoms with van der Waals surface area (Å²) >= 11 is 0. The predicted octanol–water partition coefficient (Wildman–Crippen LogP) is 4.34. The second-order valence-corrected chi connectivity index (χ2v) is 8.42. The number of benzene rings is 2. The van der Waals surface area contributed by atoms with Gasteiger partial charge in [-0.25, -0.2) is 0 Å². The molecule has 0 atom stereocenters. The lowest BCUT2D eigenvalue weighted by atomic mass is 9.94. The summed E-state index contributed by atoms with van der Waals surface area (Å²) in [5, 5.41) is 3.34. The van der Waals surface area contributed by atoms with Crippen molar-refractivity contribution in [3.63, 3.8) is 0 Å². The predicted molar refractivity (Wildman–Crippen MR) is 121 cm³/mol. The van der Waals surface area contributed by atoms with Gasteiger partial charge in [0.15, 0.2) is 0 Å². The Morgan fingerprint density at radius 1 is 1.09 bits per heavy atom. The average molecular weight is 446 g/mol. The Morgan fingerprint density at radius 2 is 1.84 bits per heavy atom. The molecule has 2 aromatic rings. The number of alkyl halides is 3. The summed E-state index contributed by atoms with van der Waals surface area (Å²) < 4.78 is 40.5. The molecule has 1 heterocycles. The van der Waals surface area contributed by atoms with Crippen molar-refractivity contribution in [1.82, 2.24) is 15.1 Å². The van der Waals surface area contributed by atoms with E-state index in [-0.39, 0.29) is 18.0 Å². The SMILES string of the molecule is C/C(=C\c1cccc2c1CCNC2)C(=O)N(CCN(C)C)Cc1ccccc1C(F)(F)F. The van der Waals surface area contributed by atoms with Gasteiger partial charge in [-0.2, -0.15) is 13.2 Å². The van der Waals surface area contributed by atoms with Crippen molar-refractivity contribution >= 4 is 12.0 Å². The summed E-state index contributed by atoms with van der Waals surface area (Å²) in [4.78, 5) is 16.8. The van der Waals surface area contributed by atoms with Crippen molar-refractivity contribution in [1.29, 1.82) is 0 Å². The summed E-state index contributed by atoms with van der Waals surface area (Å²) in [6.45, 7) is 4.21. The van der Waals surface area contributed by atoms with Crippen LogP contribution in [-0.4, -0.2) is 49.4 Å². The van der Waals surface area contributed by atoms with E-state index in [0.29, 0.717) is 18.7 Å². The molecule has 1 aliphatic heterocycles. The molecular weight excluding hydrogens is 415 g/mol. The van der Waals surface area contributed by atoms with Crippen molar-refractivity contribution in [2.45, 2.75) is 32.6 Å². The average Bonchev–Trinajstić information content (AvgIpc) is 2.76. The van der Waals surface area contributed by atoms with Crippen LogP contribution in [0.2, 0.25) is 0 Å². The van der Waals surface area contributed by atoms with Crippen LogP contribution in [0.4, 0.5) is 13.2 Å². The standard InChI is InChI=1S/C25H30F3N3O/c1-18(15-19-8-6-9-20-16-29-12-11-22(19)20)24(32)31(14-13-30(2)3)17-21-7-4-5-10-23(21)25(26,27)28/h4-10,15,29H,11-14,16-17H2,1-3H3/b18-15+. The van der Waals surface area contributed by atoms with Crippen LogP contribution in [-0.2, 0) is 30.5 Å². The van der Waals surface area contributed by atoms with Gasteiger partial charge in [0.05, 0.1) is 5.56 Å². The highest BCUT2D eigenvalue weighted by Crippen LogP contribution is 2.32. The Balaban J connectivity index is 1.89. The first-order valence-electron chi connectivity index (χ1n) is 10.8. The minimum absolute atomic E-state index is 0.0929. The highest BCUT2D eigenvalue weighted by molar-refractivity contribution is 5.97. The fourth-order valence-corrected chi connectivity index (χ4v) is 3.95. The first-order valence-corrected chi connectivity index (χ1v) is 10.8. The number of amides is 1. The zero-order chi connectivity index (χ0) is 23.3. The minimum atomic E-state index is -4.46. The Bertz CT molecular complexity index is 983. The van der Waals surface area contributed by atoms with Gasteiger partial charge in [-0.3, -0.25) is 4.79 Å². The van der Waals surface area contributed by atoms with E-state index in [0.717, 1.165) is 31.1 Å². The molecule has 4 nitrogen and oxygen atoms in total. The number of nitrogens with one attached hydrogen (secondary N) is 1. The lowest BCUT2D eigenvalue weighted by molar-refractivity contribution is -0.139. The van der Waals surface area contributed by atoms with Crippen LogP contribution in [0.1, 0.15) is 34.7 Å². The third-order valence-corrected chi connectivity index (χ3v) is 5.67. The fourth-order valence-electron chi connectivity index (χ4n) is 3.95. The first-order chi connectivity index (χ1) is 15.2. The molecule has 1 amide bonds. The van der Waals surface area contributed by atoms with Crippen LogP contribution in [0.3, 0.4) is 0 Å². The van der Waals surface area contributed by atoms with E-state index in [1.807, 2.05) is 37.2 Å². The molecule has 3 rings (SSSR count). The number of likely N-dealkylation sites (N-methyl/N-ethyl adjacent to an activating group) is 1. The van der Waals surface area contributed by atoms with E-state index in [1.54, 1.807) is 13.0 Å². The Morgan fingerprint density at radius 3 is 2.56 bits per heavy atom. The highest BCUT2D eigenvalue weighted by Gasteiger charge is 2.33. The summed E-state index contributed by atoms with van der Waals surface area (Å²) in [7, 11) is 3.75. The molecule has 0 unspecified atom stereocenters. The number of halogens is 3. The van der Waals surface area contributed by atoms with Gasteiger partial charge in [0, 0.05) is 31.8 Å². The quantitative estimate of drug-likeness (QED) is 0.644. The van der Waals surface area contributed by atoms with Gasteiger partial charge in [-0.05, 0) is 68.4 Å². The van der Waals surface area contributed by atoms with Crippen LogP contribution >= 0.6 is 0 Å². The van der Waals surface area contributed by atoms with Crippen molar-refractivity contribution < 1.29 is 18.0 Å². The van der Waals surface area contributed by atoms with Crippen LogP contribution in [0, 0.1) is 0 Å². The number of fused-ring (bicyclic) bond motifs is 1. The maximum absolute atomic E-state index is 13.5. The number of carbonyl (C=O) groups is 1. The van der Waals surface area contributed by atoms with Crippen LogP contribution in [0.25, 0.3) is 6.08 Å². The zero-order valence-electron chi connectivity index (χ0n) is 18.8. The van der Waals surface area contributed by atoms with E-state index in [2.05, 4.69) is 11.4 Å². The Hall–Kier alpha value is -2.64. The molecule has 0 aliphatic carbocycles. The normalized spacial score (nSPS) is 14.4. The fraction of sp³-hybridized carbons (Fsp3) is 0.400. The third kappa shape index (κ3) is 5.99. The lowest BCUT2D eigenvalue weighted by Gasteiger charge is -2.26. The second-order valence-electron chi connectivity index (χ2n) is 8.42. The van der Waals surface area contributed by atoms with E-state index in [1.165, 1.54) is 28.2 Å². The maximum Gasteiger partial charge on any atom is 0.416 e. The van der Waals surface area contributed by atoms with Crippen molar-refractivity contribution in [2.24, 2.45) is 0 Å². The molecule has 1 N–H and O–H groups in total. The molecule has 32 heavy (non-hydrogen) atoms. The number of nitrogens with zero attached hydrogens (tertiary/aromatic N) is 2. The number of hydrogen-bond acceptors (Lipinski definition) is 3. The summed E-state index contributed by atoms with van der Waals surface area (Å²) in [6.07, 6.45) is -1.72. The van der Waals surface area contributed by atoms with E-state index in [4.69, 9.17) is 0 Å². The van der Waals surface area contributed by atoms with Crippen LogP contribution in [0.5, 0.6) is 0 Å². The Kier molecular flexibility index (Phi) is 7.74. The van der Waals surface area contributed by atoms with Crippen molar-refractivity contribution in [2.75, 3.05) is 33.7 Å². The lowest BCUT2D eigenvalue weighted by Crippen LogP contribution is -2.37. The highest BCUT2D eigenvalue weighted by atomic mass is 19.4. The maximum atomic E-state index is 13.5. The van der Waals surface area contributed by atoms with Crippen molar-refractivity contribution in [3.8, 4) is 0 Å². The molecule has 0 fully saturated rings. The van der Waals surface area contributed by atoms with Crippen LogP contribution < -0.4 is 5.32 Å². The number of carbonyl (C=O) groups excluding carboxylic acids is 1. The third-order valence-electron chi connectivity index (χ3n) is 5.67. The van der Waals surface area contributed by atoms with Gasteiger partial charge in [0.2, 0.25) is 5.91 Å². The molecule has 1 aliphatic rings. The molecule has 172 valence electrons. The summed E-state index contributed by atoms with van der Waals surface area (Å²) in [5.74, 6) is -0.254.